The van der Waals surface area contributed by atoms with Crippen molar-refractivity contribution < 1.29 is 4.74 Å². The third kappa shape index (κ3) is 6.18. The fourth-order valence-electron chi connectivity index (χ4n) is 2.29. The van der Waals surface area contributed by atoms with Gasteiger partial charge in [0.05, 0.1) is 0 Å². The van der Waals surface area contributed by atoms with Gasteiger partial charge in [-0.3, -0.25) is 0 Å². The Morgan fingerprint density at radius 2 is 1.79 bits per heavy atom. The van der Waals surface area contributed by atoms with Gasteiger partial charge in [-0.15, -0.1) is 0 Å². The van der Waals surface area contributed by atoms with E-state index in [0.717, 1.165) is 15.4 Å². The van der Waals surface area contributed by atoms with Crippen LogP contribution in [-0.2, 0) is 6.61 Å². The SMILES string of the molecule is C/C=C/S/C(N)=N\c1ncc(Sc2ccccc2)cc1OCc1ccccc1. The Kier molecular flexibility index (Phi) is 7.58. The number of thioether (sulfide) groups is 1. The summed E-state index contributed by atoms with van der Waals surface area (Å²) in [4.78, 5) is 11.0. The minimum absolute atomic E-state index is 0.415. The monoisotopic (exact) mass is 407 g/mol. The fraction of sp³-hybridized carbons (Fsp3) is 0.0909. The molecule has 0 saturated heterocycles. The molecule has 0 aliphatic rings. The summed E-state index contributed by atoms with van der Waals surface area (Å²) in [6, 6.07) is 22.1. The Bertz CT molecular complexity index is 945. The molecule has 2 N–H and O–H groups in total. The van der Waals surface area contributed by atoms with Crippen LogP contribution in [0.15, 0.2) is 99.2 Å². The number of benzene rings is 2. The van der Waals surface area contributed by atoms with Crippen molar-refractivity contribution in [3.05, 3.63) is 90.0 Å². The molecule has 6 heteroatoms. The maximum Gasteiger partial charge on any atom is 0.197 e. The number of ether oxygens (including phenoxy) is 1. The first kappa shape index (κ1) is 20.0. The molecule has 3 rings (SSSR count). The van der Waals surface area contributed by atoms with Gasteiger partial charge in [0.15, 0.2) is 16.7 Å². The van der Waals surface area contributed by atoms with E-state index in [4.69, 9.17) is 10.5 Å². The number of allylic oxidation sites excluding steroid dienone is 1. The highest BCUT2D eigenvalue weighted by Gasteiger charge is 2.09. The second-order valence-electron chi connectivity index (χ2n) is 5.72. The quantitative estimate of drug-likeness (QED) is 0.383. The van der Waals surface area contributed by atoms with Gasteiger partial charge in [0.2, 0.25) is 0 Å². The third-order valence-corrected chi connectivity index (χ3v) is 5.27. The van der Waals surface area contributed by atoms with E-state index in [1.807, 2.05) is 73.0 Å². The average Bonchev–Trinajstić information content (AvgIpc) is 2.74. The van der Waals surface area contributed by atoms with Crippen molar-refractivity contribution in [3.8, 4) is 5.75 Å². The molecular weight excluding hydrogens is 386 g/mol. The summed E-state index contributed by atoms with van der Waals surface area (Å²) in [5, 5.41) is 2.29. The topological polar surface area (TPSA) is 60.5 Å². The van der Waals surface area contributed by atoms with Crippen LogP contribution < -0.4 is 10.5 Å². The summed E-state index contributed by atoms with van der Waals surface area (Å²) in [6.45, 7) is 2.37. The van der Waals surface area contributed by atoms with Crippen molar-refractivity contribution >= 4 is 34.5 Å². The van der Waals surface area contributed by atoms with Crippen LogP contribution in [0.2, 0.25) is 0 Å². The number of hydrogen-bond acceptors (Lipinski definition) is 5. The third-order valence-electron chi connectivity index (χ3n) is 3.56. The number of rotatable bonds is 7. The molecule has 1 aromatic heterocycles. The average molecular weight is 408 g/mol. The predicted octanol–water partition coefficient (Wildman–Crippen LogP) is 6.02. The second kappa shape index (κ2) is 10.6. The van der Waals surface area contributed by atoms with E-state index in [2.05, 4.69) is 22.1 Å². The Hall–Kier alpha value is -2.70. The van der Waals surface area contributed by atoms with Gasteiger partial charge in [-0.25, -0.2) is 9.98 Å². The first-order valence-corrected chi connectivity index (χ1v) is 10.5. The van der Waals surface area contributed by atoms with Crippen molar-refractivity contribution in [1.82, 2.24) is 4.98 Å². The molecule has 28 heavy (non-hydrogen) atoms. The molecule has 0 saturated carbocycles. The number of aromatic nitrogens is 1. The van der Waals surface area contributed by atoms with Crippen LogP contribution in [0.5, 0.6) is 5.75 Å². The second-order valence-corrected chi connectivity index (χ2v) is 7.79. The van der Waals surface area contributed by atoms with Crippen LogP contribution in [0, 0.1) is 0 Å². The zero-order valence-corrected chi connectivity index (χ0v) is 17.1. The molecule has 0 atom stereocenters. The summed E-state index contributed by atoms with van der Waals surface area (Å²) in [5.74, 6) is 1.08. The maximum absolute atomic E-state index is 6.04. The van der Waals surface area contributed by atoms with E-state index >= 15 is 0 Å². The van der Waals surface area contributed by atoms with E-state index < -0.39 is 0 Å². The Morgan fingerprint density at radius 1 is 1.07 bits per heavy atom. The number of aliphatic imine (C=N–C) groups is 1. The Balaban J connectivity index is 1.85. The molecule has 0 aliphatic carbocycles. The van der Waals surface area contributed by atoms with Gasteiger partial charge in [0, 0.05) is 16.0 Å². The number of nitrogens with zero attached hydrogens (tertiary/aromatic N) is 2. The van der Waals surface area contributed by atoms with Gasteiger partial charge in [-0.2, -0.15) is 0 Å². The van der Waals surface area contributed by atoms with Crippen LogP contribution in [-0.4, -0.2) is 10.2 Å². The standard InChI is InChI=1S/C22H21N3OS2/c1-2-13-27-22(23)25-21-20(26-16-17-9-5-3-6-10-17)14-19(15-24-21)28-18-11-7-4-8-12-18/h2-15H,16H2,1H3,(H2,23,24,25)/b13-2+. The number of pyridine rings is 1. The molecule has 142 valence electrons. The smallest absolute Gasteiger partial charge is 0.197 e. The lowest BCUT2D eigenvalue weighted by molar-refractivity contribution is 0.305. The molecule has 0 unspecified atom stereocenters. The highest BCUT2D eigenvalue weighted by atomic mass is 32.2. The van der Waals surface area contributed by atoms with E-state index in [0.29, 0.717) is 23.3 Å². The van der Waals surface area contributed by atoms with E-state index in [-0.39, 0.29) is 0 Å². The van der Waals surface area contributed by atoms with E-state index in [1.54, 1.807) is 18.0 Å². The molecule has 0 radical (unpaired) electrons. The molecular formula is C22H21N3OS2. The molecule has 2 aromatic carbocycles. The van der Waals surface area contributed by atoms with Crippen LogP contribution >= 0.6 is 23.5 Å². The molecule has 0 aliphatic heterocycles. The zero-order chi connectivity index (χ0) is 19.6. The van der Waals surface area contributed by atoms with E-state index in [9.17, 15) is 0 Å². The zero-order valence-electron chi connectivity index (χ0n) is 15.5. The summed E-state index contributed by atoms with van der Waals surface area (Å²) in [6.07, 6.45) is 3.70. The molecule has 0 amide bonds. The highest BCUT2D eigenvalue weighted by Crippen LogP contribution is 2.34. The maximum atomic E-state index is 6.04. The van der Waals surface area contributed by atoms with Gasteiger partial charge >= 0.3 is 0 Å². The summed E-state index contributed by atoms with van der Waals surface area (Å²) >= 11 is 2.97. The van der Waals surface area contributed by atoms with Crippen molar-refractivity contribution in [2.24, 2.45) is 10.7 Å². The van der Waals surface area contributed by atoms with Gasteiger partial charge in [0.1, 0.15) is 6.61 Å². The van der Waals surface area contributed by atoms with E-state index in [1.165, 1.54) is 11.8 Å². The molecule has 0 fully saturated rings. The molecule has 1 heterocycles. The van der Waals surface area contributed by atoms with Gasteiger partial charge in [0.25, 0.3) is 0 Å². The predicted molar refractivity (Wildman–Crippen MR) is 119 cm³/mol. The van der Waals surface area contributed by atoms with Gasteiger partial charge in [-0.1, -0.05) is 78.1 Å². The van der Waals surface area contributed by atoms with Gasteiger partial charge < -0.3 is 10.5 Å². The molecule has 3 aromatic rings. The largest absolute Gasteiger partial charge is 0.485 e. The lowest BCUT2D eigenvalue weighted by Gasteiger charge is -2.11. The molecule has 0 spiro atoms. The van der Waals surface area contributed by atoms with Crippen LogP contribution in [0.25, 0.3) is 0 Å². The van der Waals surface area contributed by atoms with Gasteiger partial charge in [-0.05, 0) is 36.1 Å². The summed E-state index contributed by atoms with van der Waals surface area (Å²) in [5.41, 5.74) is 7.07. The van der Waals surface area contributed by atoms with Crippen molar-refractivity contribution in [3.63, 3.8) is 0 Å². The van der Waals surface area contributed by atoms with Crippen LogP contribution in [0.1, 0.15) is 12.5 Å². The molecule has 0 bridgehead atoms. The van der Waals surface area contributed by atoms with Crippen molar-refractivity contribution in [2.45, 2.75) is 23.3 Å². The lowest BCUT2D eigenvalue weighted by atomic mass is 10.2. The lowest BCUT2D eigenvalue weighted by Crippen LogP contribution is -2.05. The fourth-order valence-corrected chi connectivity index (χ4v) is 3.55. The minimum Gasteiger partial charge on any atom is -0.485 e. The minimum atomic E-state index is 0.415. The van der Waals surface area contributed by atoms with Crippen molar-refractivity contribution in [2.75, 3.05) is 0 Å². The van der Waals surface area contributed by atoms with Crippen LogP contribution in [0.4, 0.5) is 5.82 Å². The normalized spacial score (nSPS) is 11.7. The van der Waals surface area contributed by atoms with Crippen LogP contribution in [0.3, 0.4) is 0 Å². The number of amidine groups is 1. The number of nitrogens with two attached hydrogens (primary N) is 1. The Labute approximate surface area is 173 Å². The molecule has 4 nitrogen and oxygen atoms in total. The highest BCUT2D eigenvalue weighted by molar-refractivity contribution is 8.16. The van der Waals surface area contributed by atoms with Crippen molar-refractivity contribution in [1.29, 1.82) is 0 Å². The summed E-state index contributed by atoms with van der Waals surface area (Å²) < 4.78 is 6.04. The number of hydrogen-bond donors (Lipinski definition) is 1. The first-order chi connectivity index (χ1) is 13.7. The Morgan fingerprint density at radius 3 is 2.50 bits per heavy atom. The summed E-state index contributed by atoms with van der Waals surface area (Å²) in [7, 11) is 0. The first-order valence-electron chi connectivity index (χ1n) is 8.76.